The molecule has 0 aliphatic carbocycles. The number of halogens is 3. The van der Waals surface area contributed by atoms with Crippen molar-refractivity contribution in [3.8, 4) is 0 Å². The highest BCUT2D eigenvalue weighted by atomic mass is 19.4. The summed E-state index contributed by atoms with van der Waals surface area (Å²) in [6, 6.07) is 3.53. The first-order valence-electron chi connectivity index (χ1n) is 7.52. The third-order valence-corrected chi connectivity index (χ3v) is 4.14. The Morgan fingerprint density at radius 3 is 2.42 bits per heavy atom. The summed E-state index contributed by atoms with van der Waals surface area (Å²) in [7, 11) is 1.81. The van der Waals surface area contributed by atoms with Crippen molar-refractivity contribution in [1.29, 1.82) is 0 Å². The lowest BCUT2D eigenvalue weighted by molar-refractivity contribution is -0.137. The number of aromatic nitrogens is 2. The average molecular weight is 339 g/mol. The van der Waals surface area contributed by atoms with Gasteiger partial charge in [0.1, 0.15) is 0 Å². The van der Waals surface area contributed by atoms with Gasteiger partial charge in [0, 0.05) is 24.8 Å². The molecule has 0 radical (unpaired) electrons. The molecule has 1 heterocycles. The second kappa shape index (κ2) is 6.67. The molecule has 1 amide bonds. The van der Waals surface area contributed by atoms with Gasteiger partial charge in [-0.3, -0.25) is 9.48 Å². The topological polar surface area (TPSA) is 46.9 Å². The maximum Gasteiger partial charge on any atom is 0.416 e. The van der Waals surface area contributed by atoms with Crippen molar-refractivity contribution in [2.75, 3.05) is 0 Å². The van der Waals surface area contributed by atoms with Gasteiger partial charge in [0.2, 0.25) is 5.91 Å². The number of carbonyl (C=O) groups excluding carboxylic acids is 1. The van der Waals surface area contributed by atoms with E-state index in [1.54, 1.807) is 11.6 Å². The predicted octanol–water partition coefficient (Wildman–Crippen LogP) is 3.22. The lowest BCUT2D eigenvalue weighted by Crippen LogP contribution is -2.25. The van der Waals surface area contributed by atoms with E-state index in [4.69, 9.17) is 0 Å². The first kappa shape index (κ1) is 18.0. The van der Waals surface area contributed by atoms with E-state index < -0.39 is 11.7 Å². The number of rotatable bonds is 4. The van der Waals surface area contributed by atoms with Crippen LogP contribution in [0.3, 0.4) is 0 Å². The van der Waals surface area contributed by atoms with Gasteiger partial charge in [-0.15, -0.1) is 0 Å². The number of hydrogen-bond donors (Lipinski definition) is 1. The Labute approximate surface area is 138 Å². The maximum absolute atomic E-state index is 12.7. The summed E-state index contributed by atoms with van der Waals surface area (Å²) in [5, 5.41) is 7.01. The monoisotopic (exact) mass is 339 g/mol. The minimum Gasteiger partial charge on any atom is -0.352 e. The van der Waals surface area contributed by atoms with Crippen molar-refractivity contribution in [1.82, 2.24) is 15.1 Å². The summed E-state index contributed by atoms with van der Waals surface area (Å²) in [6.07, 6.45) is -4.16. The highest BCUT2D eigenvalue weighted by Crippen LogP contribution is 2.30. The fraction of sp³-hybridized carbons (Fsp3) is 0.412. The van der Waals surface area contributed by atoms with E-state index >= 15 is 0 Å². The molecule has 0 aliphatic rings. The van der Waals surface area contributed by atoms with Crippen molar-refractivity contribution in [2.24, 2.45) is 7.05 Å². The van der Waals surface area contributed by atoms with Gasteiger partial charge in [-0.25, -0.2) is 0 Å². The van der Waals surface area contributed by atoms with Gasteiger partial charge in [-0.1, -0.05) is 6.07 Å². The highest BCUT2D eigenvalue weighted by molar-refractivity contribution is 5.79. The zero-order valence-corrected chi connectivity index (χ0v) is 14.1. The van der Waals surface area contributed by atoms with Crippen molar-refractivity contribution in [3.05, 3.63) is 51.8 Å². The zero-order valence-electron chi connectivity index (χ0n) is 14.1. The van der Waals surface area contributed by atoms with Gasteiger partial charge >= 0.3 is 6.18 Å². The molecule has 0 atom stereocenters. The number of amides is 1. The molecule has 2 rings (SSSR count). The van der Waals surface area contributed by atoms with Gasteiger partial charge in [0.05, 0.1) is 17.7 Å². The van der Waals surface area contributed by atoms with E-state index in [1.165, 1.54) is 6.07 Å². The normalized spacial score (nSPS) is 11.6. The van der Waals surface area contributed by atoms with E-state index in [0.717, 1.165) is 29.1 Å². The minimum atomic E-state index is -4.36. The number of nitrogens with one attached hydrogen (secondary N) is 1. The molecular weight excluding hydrogens is 319 g/mol. The molecule has 0 bridgehead atoms. The van der Waals surface area contributed by atoms with Crippen LogP contribution in [0.4, 0.5) is 13.2 Å². The van der Waals surface area contributed by atoms with Crippen LogP contribution in [0, 0.1) is 20.8 Å². The van der Waals surface area contributed by atoms with Crippen LogP contribution in [0.5, 0.6) is 0 Å². The van der Waals surface area contributed by atoms with Gasteiger partial charge in [0.25, 0.3) is 0 Å². The number of benzene rings is 1. The van der Waals surface area contributed by atoms with Gasteiger partial charge < -0.3 is 5.32 Å². The number of nitrogens with zero attached hydrogens (tertiary/aromatic N) is 2. The van der Waals surface area contributed by atoms with Crippen LogP contribution in [0.2, 0.25) is 0 Å². The molecule has 130 valence electrons. The van der Waals surface area contributed by atoms with Crippen LogP contribution in [0.25, 0.3) is 0 Å². The smallest absolute Gasteiger partial charge is 0.352 e. The summed E-state index contributed by atoms with van der Waals surface area (Å²) >= 11 is 0. The van der Waals surface area contributed by atoms with Crippen LogP contribution in [0.15, 0.2) is 18.2 Å². The predicted molar refractivity (Wildman–Crippen MR) is 84.4 cm³/mol. The molecule has 0 fully saturated rings. The van der Waals surface area contributed by atoms with Crippen molar-refractivity contribution in [3.63, 3.8) is 0 Å². The second-order valence-electron chi connectivity index (χ2n) is 5.87. The Balaban J connectivity index is 2.02. The first-order valence-corrected chi connectivity index (χ1v) is 7.52. The largest absolute Gasteiger partial charge is 0.416 e. The average Bonchev–Trinajstić information content (AvgIpc) is 2.71. The van der Waals surface area contributed by atoms with E-state index in [9.17, 15) is 18.0 Å². The second-order valence-corrected chi connectivity index (χ2v) is 5.87. The highest BCUT2D eigenvalue weighted by Gasteiger charge is 2.30. The SMILES string of the molecule is Cc1cc(C(F)(F)F)ccc1CNC(=O)Cc1c(C)nn(C)c1C. The Morgan fingerprint density at radius 1 is 1.25 bits per heavy atom. The van der Waals surface area contributed by atoms with Crippen LogP contribution in [-0.4, -0.2) is 15.7 Å². The molecule has 0 spiro atoms. The summed E-state index contributed by atoms with van der Waals surface area (Å²) < 4.78 is 39.7. The third kappa shape index (κ3) is 3.96. The number of alkyl halides is 3. The molecule has 1 N–H and O–H groups in total. The Kier molecular flexibility index (Phi) is 5.01. The van der Waals surface area contributed by atoms with Crippen LogP contribution in [0.1, 0.15) is 33.6 Å². The standard InChI is InChI=1S/C17H20F3N3O/c1-10-7-14(17(18,19)20)6-5-13(10)9-21-16(24)8-15-11(2)22-23(4)12(15)3/h5-7H,8-9H2,1-4H3,(H,21,24). The van der Waals surface area contributed by atoms with Crippen LogP contribution in [-0.2, 0) is 31.0 Å². The summed E-state index contributed by atoms with van der Waals surface area (Å²) in [5.41, 5.74) is 3.08. The molecule has 24 heavy (non-hydrogen) atoms. The first-order chi connectivity index (χ1) is 11.1. The summed E-state index contributed by atoms with van der Waals surface area (Å²) in [5.74, 6) is -0.187. The molecule has 0 saturated heterocycles. The fourth-order valence-corrected chi connectivity index (χ4v) is 2.56. The number of aryl methyl sites for hydroxylation is 3. The van der Waals surface area contributed by atoms with E-state index in [-0.39, 0.29) is 18.9 Å². The van der Waals surface area contributed by atoms with Crippen molar-refractivity contribution >= 4 is 5.91 Å². The molecular formula is C17H20F3N3O. The van der Waals surface area contributed by atoms with Gasteiger partial charge in [-0.2, -0.15) is 18.3 Å². The third-order valence-electron chi connectivity index (χ3n) is 4.14. The van der Waals surface area contributed by atoms with Crippen molar-refractivity contribution < 1.29 is 18.0 Å². The maximum atomic E-state index is 12.7. The number of hydrogen-bond acceptors (Lipinski definition) is 2. The minimum absolute atomic E-state index is 0.187. The summed E-state index contributed by atoms with van der Waals surface area (Å²) in [4.78, 5) is 12.1. The van der Waals surface area contributed by atoms with Crippen molar-refractivity contribution in [2.45, 2.75) is 39.9 Å². The molecule has 2 aromatic rings. The summed E-state index contributed by atoms with van der Waals surface area (Å²) in [6.45, 7) is 5.53. The lowest BCUT2D eigenvalue weighted by Gasteiger charge is -2.12. The quantitative estimate of drug-likeness (QED) is 0.930. The van der Waals surface area contributed by atoms with Crippen LogP contribution < -0.4 is 5.32 Å². The molecule has 0 aliphatic heterocycles. The van der Waals surface area contributed by atoms with Gasteiger partial charge in [-0.05, 0) is 44.0 Å². The Hall–Kier alpha value is -2.31. The number of carbonyl (C=O) groups is 1. The Morgan fingerprint density at radius 2 is 1.92 bits per heavy atom. The van der Waals surface area contributed by atoms with E-state index in [1.807, 2.05) is 20.9 Å². The van der Waals surface area contributed by atoms with Crippen LogP contribution >= 0.6 is 0 Å². The van der Waals surface area contributed by atoms with Gasteiger partial charge in [0.15, 0.2) is 0 Å². The van der Waals surface area contributed by atoms with E-state index in [2.05, 4.69) is 10.4 Å². The zero-order chi connectivity index (χ0) is 18.1. The van der Waals surface area contributed by atoms with E-state index in [0.29, 0.717) is 11.1 Å². The lowest BCUT2D eigenvalue weighted by atomic mass is 10.0. The molecule has 1 aromatic carbocycles. The molecule has 1 aromatic heterocycles. The molecule has 0 saturated carbocycles. The molecule has 0 unspecified atom stereocenters. The molecule has 4 nitrogen and oxygen atoms in total. The molecule has 7 heteroatoms. The Bertz CT molecular complexity index is 763. The fourth-order valence-electron chi connectivity index (χ4n) is 2.56.